The number of hydrogen-bond donors (Lipinski definition) is 0. The van der Waals surface area contributed by atoms with Gasteiger partial charge < -0.3 is 4.90 Å². The van der Waals surface area contributed by atoms with E-state index in [1.807, 2.05) is 6.08 Å². The Morgan fingerprint density at radius 3 is 2.19 bits per heavy atom. The minimum Gasteiger partial charge on any atom is -0.337 e. The first kappa shape index (κ1) is 22.4. The molecule has 1 atom stereocenters. The maximum absolute atomic E-state index is 4.01. The Labute approximate surface area is 188 Å². The molecule has 158 valence electrons. The van der Waals surface area contributed by atoms with Gasteiger partial charge in [0.15, 0.2) is 0 Å². The fraction of sp³-hybridized carbons (Fsp3) is 0.200. The molecule has 3 aromatic carbocycles. The summed E-state index contributed by atoms with van der Waals surface area (Å²) in [6, 6.07) is 28.0. The van der Waals surface area contributed by atoms with Gasteiger partial charge in [0, 0.05) is 23.8 Å². The number of rotatable bonds is 9. The van der Waals surface area contributed by atoms with Crippen LogP contribution in [0.15, 0.2) is 115 Å². The zero-order chi connectivity index (χ0) is 22.1. The number of benzene rings is 3. The molecule has 0 aliphatic carbocycles. The van der Waals surface area contributed by atoms with Crippen molar-refractivity contribution in [2.24, 2.45) is 0 Å². The number of para-hydroxylation sites is 1. The minimum atomic E-state index is 0.314. The molecule has 0 bridgehead atoms. The van der Waals surface area contributed by atoms with Gasteiger partial charge in [0.2, 0.25) is 0 Å². The third-order valence-corrected chi connectivity index (χ3v) is 5.69. The lowest BCUT2D eigenvalue weighted by molar-refractivity contribution is 0.943. The Bertz CT molecular complexity index is 1030. The molecule has 0 aromatic heterocycles. The standard InChI is InChI=1S/C30H33N/c1-5-23-31(28-21-19-27(20-22-28)26-13-9-8-10-14-26)30-16-12-11-15-29(30)24(4)17-18-25(6-2)7-3/h5-6,8-22,24H,1,7,23H2,2-4H3/b18-17+,25-6+. The second-order valence-corrected chi connectivity index (χ2v) is 7.74. The highest BCUT2D eigenvalue weighted by Crippen LogP contribution is 2.34. The van der Waals surface area contributed by atoms with Crippen LogP contribution < -0.4 is 4.90 Å². The van der Waals surface area contributed by atoms with E-state index in [4.69, 9.17) is 0 Å². The third kappa shape index (κ3) is 5.64. The van der Waals surface area contributed by atoms with Gasteiger partial charge in [-0.2, -0.15) is 0 Å². The van der Waals surface area contributed by atoms with Crippen molar-refractivity contribution in [3.05, 3.63) is 121 Å². The maximum Gasteiger partial charge on any atom is 0.0452 e. The van der Waals surface area contributed by atoms with Crippen molar-refractivity contribution in [2.75, 3.05) is 11.4 Å². The summed E-state index contributed by atoms with van der Waals surface area (Å²) in [5, 5.41) is 0. The molecule has 1 heteroatoms. The van der Waals surface area contributed by atoms with Crippen LogP contribution in [0.2, 0.25) is 0 Å². The van der Waals surface area contributed by atoms with Gasteiger partial charge >= 0.3 is 0 Å². The van der Waals surface area contributed by atoms with Gasteiger partial charge in [-0.1, -0.05) is 104 Å². The molecule has 1 unspecified atom stereocenters. The van der Waals surface area contributed by atoms with Crippen molar-refractivity contribution >= 4 is 11.4 Å². The van der Waals surface area contributed by atoms with E-state index >= 15 is 0 Å². The van der Waals surface area contributed by atoms with E-state index in [1.165, 1.54) is 33.6 Å². The fourth-order valence-electron chi connectivity index (χ4n) is 3.84. The predicted molar refractivity (Wildman–Crippen MR) is 137 cm³/mol. The number of anilines is 2. The molecule has 0 heterocycles. The fourth-order valence-corrected chi connectivity index (χ4v) is 3.84. The lowest BCUT2D eigenvalue weighted by Crippen LogP contribution is -2.18. The number of nitrogens with zero attached hydrogens (tertiary/aromatic N) is 1. The molecule has 0 spiro atoms. The molecule has 0 radical (unpaired) electrons. The van der Waals surface area contributed by atoms with E-state index in [0.717, 1.165) is 13.0 Å². The van der Waals surface area contributed by atoms with E-state index in [-0.39, 0.29) is 0 Å². The molecule has 0 aliphatic rings. The van der Waals surface area contributed by atoms with Crippen molar-refractivity contribution in [3.63, 3.8) is 0 Å². The van der Waals surface area contributed by atoms with Crippen molar-refractivity contribution in [2.45, 2.75) is 33.1 Å². The largest absolute Gasteiger partial charge is 0.337 e. The lowest BCUT2D eigenvalue weighted by atomic mass is 9.96. The SMILES string of the molecule is C=CCN(c1ccc(-c2ccccc2)cc1)c1ccccc1C(C)/C=C/C(=C/C)CC. The first-order chi connectivity index (χ1) is 15.2. The molecule has 3 aromatic rings. The van der Waals surface area contributed by atoms with Crippen LogP contribution in [0.5, 0.6) is 0 Å². The van der Waals surface area contributed by atoms with Gasteiger partial charge in [-0.05, 0) is 48.2 Å². The molecule has 0 amide bonds. The summed E-state index contributed by atoms with van der Waals surface area (Å²) in [5.41, 5.74) is 7.55. The van der Waals surface area contributed by atoms with E-state index in [0.29, 0.717) is 5.92 Å². The van der Waals surface area contributed by atoms with Crippen molar-refractivity contribution in [1.82, 2.24) is 0 Å². The Hall–Kier alpha value is -3.32. The highest BCUT2D eigenvalue weighted by molar-refractivity contribution is 5.72. The summed E-state index contributed by atoms with van der Waals surface area (Å²) >= 11 is 0. The molecular weight excluding hydrogens is 374 g/mol. The summed E-state index contributed by atoms with van der Waals surface area (Å²) in [4.78, 5) is 2.35. The van der Waals surface area contributed by atoms with E-state index in [9.17, 15) is 0 Å². The Kier molecular flexibility index (Phi) is 8.06. The van der Waals surface area contributed by atoms with Crippen LogP contribution in [0.4, 0.5) is 11.4 Å². The lowest BCUT2D eigenvalue weighted by Gasteiger charge is -2.28. The van der Waals surface area contributed by atoms with Crippen LogP contribution in [0, 0.1) is 0 Å². The topological polar surface area (TPSA) is 3.24 Å². The zero-order valence-electron chi connectivity index (χ0n) is 19.0. The third-order valence-electron chi connectivity index (χ3n) is 5.69. The summed E-state index contributed by atoms with van der Waals surface area (Å²) < 4.78 is 0. The highest BCUT2D eigenvalue weighted by Gasteiger charge is 2.15. The first-order valence-electron chi connectivity index (χ1n) is 11.1. The van der Waals surface area contributed by atoms with Crippen LogP contribution in [0.1, 0.15) is 38.7 Å². The Morgan fingerprint density at radius 1 is 0.903 bits per heavy atom. The maximum atomic E-state index is 4.01. The molecule has 0 aliphatic heterocycles. The van der Waals surface area contributed by atoms with Gasteiger partial charge in [-0.25, -0.2) is 0 Å². The average molecular weight is 408 g/mol. The van der Waals surface area contributed by atoms with Gasteiger partial charge in [-0.15, -0.1) is 6.58 Å². The number of hydrogen-bond acceptors (Lipinski definition) is 1. The molecule has 0 saturated heterocycles. The number of allylic oxidation sites excluding steroid dienone is 4. The normalized spacial score (nSPS) is 12.7. The predicted octanol–water partition coefficient (Wildman–Crippen LogP) is 8.69. The second kappa shape index (κ2) is 11.2. The van der Waals surface area contributed by atoms with Crippen molar-refractivity contribution in [1.29, 1.82) is 0 Å². The van der Waals surface area contributed by atoms with E-state index < -0.39 is 0 Å². The van der Waals surface area contributed by atoms with E-state index in [2.05, 4.69) is 129 Å². The van der Waals surface area contributed by atoms with Crippen LogP contribution in [0.3, 0.4) is 0 Å². The highest BCUT2D eigenvalue weighted by atomic mass is 15.1. The van der Waals surface area contributed by atoms with Crippen molar-refractivity contribution in [3.8, 4) is 11.1 Å². The monoisotopic (exact) mass is 407 g/mol. The molecule has 1 nitrogen and oxygen atoms in total. The Balaban J connectivity index is 1.94. The van der Waals surface area contributed by atoms with Gasteiger partial charge in [0.25, 0.3) is 0 Å². The molecule has 0 fully saturated rings. The molecular formula is C30H33N. The van der Waals surface area contributed by atoms with Crippen LogP contribution in [0.25, 0.3) is 11.1 Å². The molecule has 3 rings (SSSR count). The zero-order valence-corrected chi connectivity index (χ0v) is 19.0. The van der Waals surface area contributed by atoms with Crippen LogP contribution >= 0.6 is 0 Å². The summed E-state index contributed by atoms with van der Waals surface area (Å²) in [5.74, 6) is 0.314. The van der Waals surface area contributed by atoms with Gasteiger partial charge in [0.05, 0.1) is 0 Å². The molecule has 0 saturated carbocycles. The molecule has 0 N–H and O–H groups in total. The second-order valence-electron chi connectivity index (χ2n) is 7.74. The van der Waals surface area contributed by atoms with E-state index in [1.54, 1.807) is 0 Å². The van der Waals surface area contributed by atoms with Crippen molar-refractivity contribution < 1.29 is 0 Å². The minimum absolute atomic E-state index is 0.314. The van der Waals surface area contributed by atoms with Gasteiger partial charge in [-0.3, -0.25) is 0 Å². The van der Waals surface area contributed by atoms with Crippen LogP contribution in [-0.4, -0.2) is 6.54 Å². The summed E-state index contributed by atoms with van der Waals surface area (Å²) in [7, 11) is 0. The smallest absolute Gasteiger partial charge is 0.0452 e. The Morgan fingerprint density at radius 2 is 1.55 bits per heavy atom. The quantitative estimate of drug-likeness (QED) is 0.253. The molecule has 31 heavy (non-hydrogen) atoms. The summed E-state index contributed by atoms with van der Waals surface area (Å²) in [6.07, 6.45) is 9.78. The average Bonchev–Trinajstić information content (AvgIpc) is 2.84. The summed E-state index contributed by atoms with van der Waals surface area (Å²) in [6.45, 7) is 11.3. The van der Waals surface area contributed by atoms with Gasteiger partial charge in [0.1, 0.15) is 0 Å². The first-order valence-corrected chi connectivity index (χ1v) is 11.1. The van der Waals surface area contributed by atoms with Crippen LogP contribution in [-0.2, 0) is 0 Å².